The summed E-state index contributed by atoms with van der Waals surface area (Å²) >= 11 is 0. The van der Waals surface area contributed by atoms with Gasteiger partial charge in [0, 0.05) is 12.2 Å². The van der Waals surface area contributed by atoms with Crippen LogP contribution in [0.5, 0.6) is 0 Å². The van der Waals surface area contributed by atoms with E-state index >= 15 is 0 Å². The highest BCUT2D eigenvalue weighted by Gasteiger charge is 2.14. The molecule has 1 aromatic carbocycles. The van der Waals surface area contributed by atoms with Gasteiger partial charge in [-0.15, -0.1) is 0 Å². The van der Waals surface area contributed by atoms with Gasteiger partial charge in [-0.2, -0.15) is 0 Å². The van der Waals surface area contributed by atoms with Crippen molar-refractivity contribution in [2.75, 3.05) is 6.54 Å². The summed E-state index contributed by atoms with van der Waals surface area (Å²) in [6, 6.07) is 13.1. The van der Waals surface area contributed by atoms with Crippen molar-refractivity contribution in [1.82, 2.24) is 4.57 Å². The minimum absolute atomic E-state index is 0.895. The Morgan fingerprint density at radius 2 is 1.65 bits per heavy atom. The maximum absolute atomic E-state index is 4.49. The van der Waals surface area contributed by atoms with Crippen LogP contribution in [0.25, 0.3) is 11.3 Å². The third kappa shape index (κ3) is 1.70. The molecule has 0 radical (unpaired) electrons. The van der Waals surface area contributed by atoms with Crippen molar-refractivity contribution in [3.05, 3.63) is 47.7 Å². The average molecular weight is 224 g/mol. The van der Waals surface area contributed by atoms with Gasteiger partial charge >= 0.3 is 0 Å². The number of aryl methyl sites for hydroxylation is 1. The predicted octanol–water partition coefficient (Wildman–Crippen LogP) is 3.29. The normalized spacial score (nSPS) is 14.4. The topological polar surface area (TPSA) is 17.3 Å². The van der Waals surface area contributed by atoms with Crippen molar-refractivity contribution in [3.63, 3.8) is 0 Å². The van der Waals surface area contributed by atoms with E-state index in [0.29, 0.717) is 0 Å². The fourth-order valence-corrected chi connectivity index (χ4v) is 2.40. The van der Waals surface area contributed by atoms with E-state index in [4.69, 9.17) is 0 Å². The lowest BCUT2D eigenvalue weighted by molar-refractivity contribution is 0.695. The van der Waals surface area contributed by atoms with E-state index in [-0.39, 0.29) is 0 Å². The second-order valence-electron chi connectivity index (χ2n) is 4.59. The van der Waals surface area contributed by atoms with Gasteiger partial charge < -0.3 is 4.57 Å². The minimum atomic E-state index is 0.895. The first-order chi connectivity index (χ1) is 8.25. The Labute approximate surface area is 102 Å². The first-order valence-electron chi connectivity index (χ1n) is 6.04. The number of hydrogen-bond acceptors (Lipinski definition) is 1. The Bertz CT molecular complexity index is 573. The third-order valence-corrected chi connectivity index (χ3v) is 3.37. The molecule has 0 bridgehead atoms. The summed E-state index contributed by atoms with van der Waals surface area (Å²) < 4.78 is 2.37. The number of aromatic nitrogens is 1. The highest BCUT2D eigenvalue weighted by atomic mass is 15.0. The Hall–Kier alpha value is -1.83. The van der Waals surface area contributed by atoms with Crippen LogP contribution in [-0.4, -0.2) is 16.8 Å². The molecule has 3 rings (SSSR count). The van der Waals surface area contributed by atoms with Crippen molar-refractivity contribution in [2.45, 2.75) is 20.4 Å². The molecule has 0 saturated heterocycles. The molecule has 0 amide bonds. The van der Waals surface area contributed by atoms with Crippen molar-refractivity contribution < 1.29 is 0 Å². The van der Waals surface area contributed by atoms with Crippen LogP contribution in [0, 0.1) is 6.92 Å². The standard InChI is InChI=1S/C15H16N2/c1-11-3-5-13(6-4-11)15-8-7-14-12(2)16-9-10-17(14)15/h3-8H,9-10H2,1-2H3. The van der Waals surface area contributed by atoms with Crippen LogP contribution >= 0.6 is 0 Å². The number of aliphatic imine (C=N–C) groups is 1. The summed E-state index contributed by atoms with van der Waals surface area (Å²) in [5, 5.41) is 0. The van der Waals surface area contributed by atoms with Crippen LogP contribution in [0.2, 0.25) is 0 Å². The van der Waals surface area contributed by atoms with Crippen LogP contribution in [-0.2, 0) is 6.54 Å². The Kier molecular flexibility index (Phi) is 2.36. The molecule has 17 heavy (non-hydrogen) atoms. The van der Waals surface area contributed by atoms with Crippen LogP contribution in [0.4, 0.5) is 0 Å². The van der Waals surface area contributed by atoms with E-state index in [1.54, 1.807) is 0 Å². The molecule has 2 aromatic rings. The van der Waals surface area contributed by atoms with E-state index in [0.717, 1.165) is 18.8 Å². The predicted molar refractivity (Wildman–Crippen MR) is 71.7 cm³/mol. The van der Waals surface area contributed by atoms with Gasteiger partial charge in [0.15, 0.2) is 0 Å². The van der Waals surface area contributed by atoms with E-state index in [1.165, 1.54) is 22.5 Å². The molecule has 86 valence electrons. The van der Waals surface area contributed by atoms with Gasteiger partial charge in [0.25, 0.3) is 0 Å². The maximum atomic E-state index is 4.49. The molecule has 0 spiro atoms. The van der Waals surface area contributed by atoms with Gasteiger partial charge in [-0.1, -0.05) is 29.8 Å². The smallest absolute Gasteiger partial charge is 0.0623 e. The quantitative estimate of drug-likeness (QED) is 0.707. The zero-order valence-electron chi connectivity index (χ0n) is 10.3. The molecular weight excluding hydrogens is 208 g/mol. The lowest BCUT2D eigenvalue weighted by Crippen LogP contribution is -2.16. The fraction of sp³-hybridized carbons (Fsp3) is 0.267. The van der Waals surface area contributed by atoms with Gasteiger partial charge in [0.05, 0.1) is 18.0 Å². The molecule has 2 heteroatoms. The molecule has 0 saturated carbocycles. The van der Waals surface area contributed by atoms with Crippen LogP contribution in [0.15, 0.2) is 41.4 Å². The van der Waals surface area contributed by atoms with E-state index in [9.17, 15) is 0 Å². The first kappa shape index (κ1) is 10.3. The SMILES string of the molecule is CC1=NCCn2c1ccc2-c1ccc(C)cc1. The molecule has 2 heterocycles. The highest BCUT2D eigenvalue weighted by molar-refractivity contribution is 5.98. The minimum Gasteiger partial charge on any atom is -0.338 e. The van der Waals surface area contributed by atoms with Crippen molar-refractivity contribution in [3.8, 4) is 11.3 Å². The molecular formula is C15H16N2. The molecule has 1 aliphatic heterocycles. The van der Waals surface area contributed by atoms with Crippen molar-refractivity contribution in [2.24, 2.45) is 4.99 Å². The van der Waals surface area contributed by atoms with Crippen molar-refractivity contribution >= 4 is 5.71 Å². The number of rotatable bonds is 1. The first-order valence-corrected chi connectivity index (χ1v) is 6.04. The summed E-state index contributed by atoms with van der Waals surface area (Å²) in [7, 11) is 0. The van der Waals surface area contributed by atoms with Crippen LogP contribution in [0.1, 0.15) is 18.2 Å². The second-order valence-corrected chi connectivity index (χ2v) is 4.59. The number of nitrogens with zero attached hydrogens (tertiary/aromatic N) is 2. The number of hydrogen-bond donors (Lipinski definition) is 0. The maximum Gasteiger partial charge on any atom is 0.0623 e. The molecule has 0 atom stereocenters. The number of benzene rings is 1. The zero-order valence-corrected chi connectivity index (χ0v) is 10.3. The summed E-state index contributed by atoms with van der Waals surface area (Å²) in [5.41, 5.74) is 6.30. The number of fused-ring (bicyclic) bond motifs is 1. The Balaban J connectivity index is 2.11. The zero-order chi connectivity index (χ0) is 11.8. The lowest BCUT2D eigenvalue weighted by Gasteiger charge is -2.17. The largest absolute Gasteiger partial charge is 0.338 e. The van der Waals surface area contributed by atoms with E-state index < -0.39 is 0 Å². The van der Waals surface area contributed by atoms with Gasteiger partial charge in [-0.25, -0.2) is 0 Å². The van der Waals surface area contributed by atoms with Gasteiger partial charge in [-0.3, -0.25) is 4.99 Å². The van der Waals surface area contributed by atoms with E-state index in [2.05, 4.69) is 59.8 Å². The second kappa shape index (κ2) is 3.88. The summed E-state index contributed by atoms with van der Waals surface area (Å²) in [6.07, 6.45) is 0. The third-order valence-electron chi connectivity index (χ3n) is 3.37. The van der Waals surface area contributed by atoms with Crippen LogP contribution in [0.3, 0.4) is 0 Å². The highest BCUT2D eigenvalue weighted by Crippen LogP contribution is 2.25. The Morgan fingerprint density at radius 3 is 2.41 bits per heavy atom. The molecule has 1 aromatic heterocycles. The fourth-order valence-electron chi connectivity index (χ4n) is 2.40. The van der Waals surface area contributed by atoms with Gasteiger partial charge in [-0.05, 0) is 31.5 Å². The van der Waals surface area contributed by atoms with Crippen molar-refractivity contribution in [1.29, 1.82) is 0 Å². The summed E-state index contributed by atoms with van der Waals surface area (Å²) in [4.78, 5) is 4.49. The molecule has 1 aliphatic rings. The molecule has 0 fully saturated rings. The Morgan fingerprint density at radius 1 is 0.941 bits per heavy atom. The molecule has 0 unspecified atom stereocenters. The lowest BCUT2D eigenvalue weighted by atomic mass is 10.1. The van der Waals surface area contributed by atoms with E-state index in [1.807, 2.05) is 0 Å². The summed E-state index contributed by atoms with van der Waals surface area (Å²) in [5.74, 6) is 0. The average Bonchev–Trinajstić information content (AvgIpc) is 2.75. The summed E-state index contributed by atoms with van der Waals surface area (Å²) in [6.45, 7) is 6.09. The van der Waals surface area contributed by atoms with Gasteiger partial charge in [0.1, 0.15) is 0 Å². The molecule has 0 N–H and O–H groups in total. The monoisotopic (exact) mass is 224 g/mol. The molecule has 0 aliphatic carbocycles. The molecule has 2 nitrogen and oxygen atoms in total. The van der Waals surface area contributed by atoms with Gasteiger partial charge in [0.2, 0.25) is 0 Å². The van der Waals surface area contributed by atoms with Crippen LogP contribution < -0.4 is 0 Å².